The van der Waals surface area contributed by atoms with Gasteiger partial charge in [0.15, 0.2) is 17.5 Å². The van der Waals surface area contributed by atoms with Crippen LogP contribution >= 0.6 is 0 Å². The standard InChI is InChI=1S/C49H40N4/c1-47(2)27-28-48(3,4)43-30-35(25-26-42(43)47)46-52-44(33-23-21-32(31-50)22-24-33)51-45(53-46)34-13-12-16-37(29-34)49(36-14-6-5-7-15-36)40-19-10-8-17-38(40)39-18-9-11-20-41(39)49/h5-26,29-30H,27-28H2,1-4H3. The lowest BCUT2D eigenvalue weighted by Gasteiger charge is -2.42. The van der Waals surface area contributed by atoms with Gasteiger partial charge in [-0.25, -0.2) is 15.0 Å². The van der Waals surface area contributed by atoms with Crippen LogP contribution in [0.3, 0.4) is 0 Å². The molecule has 0 N–H and O–H groups in total. The molecule has 256 valence electrons. The molecule has 2 aliphatic carbocycles. The third-order valence-electron chi connectivity index (χ3n) is 11.7. The van der Waals surface area contributed by atoms with Crippen molar-refractivity contribution < 1.29 is 0 Å². The van der Waals surface area contributed by atoms with E-state index in [0.29, 0.717) is 23.0 Å². The summed E-state index contributed by atoms with van der Waals surface area (Å²) >= 11 is 0. The Hall–Kier alpha value is -6.18. The van der Waals surface area contributed by atoms with Gasteiger partial charge in [-0.05, 0) is 105 Å². The fourth-order valence-electron chi connectivity index (χ4n) is 8.79. The molecule has 0 radical (unpaired) electrons. The van der Waals surface area contributed by atoms with E-state index in [1.54, 1.807) is 0 Å². The number of nitriles is 1. The Morgan fingerprint density at radius 3 is 1.58 bits per heavy atom. The Balaban J connectivity index is 1.27. The number of aromatic nitrogens is 3. The molecule has 0 saturated carbocycles. The second-order valence-corrected chi connectivity index (χ2v) is 15.8. The van der Waals surface area contributed by atoms with Crippen LogP contribution in [0.4, 0.5) is 0 Å². The van der Waals surface area contributed by atoms with Gasteiger partial charge < -0.3 is 0 Å². The van der Waals surface area contributed by atoms with Crippen molar-refractivity contribution >= 4 is 0 Å². The van der Waals surface area contributed by atoms with Crippen LogP contribution in [-0.2, 0) is 16.2 Å². The minimum absolute atomic E-state index is 0.0423. The fraction of sp³-hybridized carbons (Fsp3) is 0.184. The normalized spacial score (nSPS) is 15.8. The predicted octanol–water partition coefficient (Wildman–Crippen LogP) is 11.5. The van der Waals surface area contributed by atoms with E-state index in [1.807, 2.05) is 24.3 Å². The van der Waals surface area contributed by atoms with Crippen molar-refractivity contribution in [3.05, 3.63) is 185 Å². The minimum Gasteiger partial charge on any atom is -0.208 e. The van der Waals surface area contributed by atoms with E-state index in [9.17, 15) is 5.26 Å². The van der Waals surface area contributed by atoms with E-state index in [-0.39, 0.29) is 10.8 Å². The fourth-order valence-corrected chi connectivity index (χ4v) is 8.79. The Kier molecular flexibility index (Phi) is 7.54. The highest BCUT2D eigenvalue weighted by Crippen LogP contribution is 2.56. The number of benzene rings is 6. The summed E-state index contributed by atoms with van der Waals surface area (Å²) < 4.78 is 0. The summed E-state index contributed by atoms with van der Waals surface area (Å²) in [6.45, 7) is 9.39. The molecule has 4 heteroatoms. The maximum absolute atomic E-state index is 9.51. The average Bonchev–Trinajstić information content (AvgIpc) is 3.51. The van der Waals surface area contributed by atoms with Crippen LogP contribution in [0.25, 0.3) is 45.3 Å². The molecule has 2 aliphatic rings. The molecule has 0 aliphatic heterocycles. The highest BCUT2D eigenvalue weighted by Gasteiger charge is 2.46. The topological polar surface area (TPSA) is 62.5 Å². The second kappa shape index (κ2) is 12.2. The lowest BCUT2D eigenvalue weighted by molar-refractivity contribution is 0.332. The highest BCUT2D eigenvalue weighted by atomic mass is 15.0. The van der Waals surface area contributed by atoms with Crippen LogP contribution in [-0.4, -0.2) is 15.0 Å². The Morgan fingerprint density at radius 2 is 0.962 bits per heavy atom. The second-order valence-electron chi connectivity index (χ2n) is 15.8. The first-order chi connectivity index (χ1) is 25.7. The van der Waals surface area contributed by atoms with E-state index in [1.165, 1.54) is 38.9 Å². The first-order valence-corrected chi connectivity index (χ1v) is 18.5. The van der Waals surface area contributed by atoms with Crippen LogP contribution in [0.15, 0.2) is 146 Å². The van der Waals surface area contributed by atoms with Gasteiger partial charge in [-0.3, -0.25) is 0 Å². The largest absolute Gasteiger partial charge is 0.208 e. The first kappa shape index (κ1) is 32.7. The van der Waals surface area contributed by atoms with Gasteiger partial charge in [-0.15, -0.1) is 0 Å². The Labute approximate surface area is 311 Å². The van der Waals surface area contributed by atoms with Gasteiger partial charge in [0.1, 0.15) is 0 Å². The monoisotopic (exact) mass is 684 g/mol. The molecule has 0 fully saturated rings. The van der Waals surface area contributed by atoms with Crippen molar-refractivity contribution in [2.24, 2.45) is 0 Å². The lowest BCUT2D eigenvalue weighted by Crippen LogP contribution is -2.33. The third kappa shape index (κ3) is 5.22. The summed E-state index contributed by atoms with van der Waals surface area (Å²) in [7, 11) is 0. The smallest absolute Gasteiger partial charge is 0.164 e. The van der Waals surface area contributed by atoms with Gasteiger partial charge in [0, 0.05) is 16.7 Å². The van der Waals surface area contributed by atoms with Crippen molar-refractivity contribution in [3.63, 3.8) is 0 Å². The molecule has 0 amide bonds. The quantitative estimate of drug-likeness (QED) is 0.181. The van der Waals surface area contributed by atoms with Gasteiger partial charge in [0.2, 0.25) is 0 Å². The predicted molar refractivity (Wildman–Crippen MR) is 213 cm³/mol. The zero-order chi connectivity index (χ0) is 36.4. The van der Waals surface area contributed by atoms with E-state index in [2.05, 4.69) is 155 Å². The molecule has 9 rings (SSSR count). The molecular weight excluding hydrogens is 645 g/mol. The molecule has 0 spiro atoms. The minimum atomic E-state index is -0.535. The molecule has 53 heavy (non-hydrogen) atoms. The molecule has 0 unspecified atom stereocenters. The molecule has 0 bridgehead atoms. The summed E-state index contributed by atoms with van der Waals surface area (Å²) in [6, 6.07) is 53.7. The molecular formula is C49H40N4. The summed E-state index contributed by atoms with van der Waals surface area (Å²) in [5, 5.41) is 9.51. The SMILES string of the molecule is CC1(C)CCC(C)(C)c2cc(-c3nc(-c4ccc(C#N)cc4)nc(-c4cccc(C5(c6ccccc6)c6ccccc6-c6ccccc65)c4)n3)ccc21. The van der Waals surface area contributed by atoms with E-state index >= 15 is 0 Å². The average molecular weight is 685 g/mol. The molecule has 6 aromatic carbocycles. The van der Waals surface area contributed by atoms with Crippen LogP contribution in [0, 0.1) is 11.3 Å². The van der Waals surface area contributed by atoms with Gasteiger partial charge in [-0.1, -0.05) is 137 Å². The van der Waals surface area contributed by atoms with Crippen molar-refractivity contribution in [1.29, 1.82) is 5.26 Å². The van der Waals surface area contributed by atoms with Crippen molar-refractivity contribution in [3.8, 4) is 51.4 Å². The molecule has 1 aromatic heterocycles. The maximum atomic E-state index is 9.51. The highest BCUT2D eigenvalue weighted by molar-refractivity contribution is 5.86. The number of hydrogen-bond acceptors (Lipinski definition) is 4. The van der Waals surface area contributed by atoms with Crippen molar-refractivity contribution in [2.75, 3.05) is 0 Å². The zero-order valence-corrected chi connectivity index (χ0v) is 30.6. The number of fused-ring (bicyclic) bond motifs is 4. The maximum Gasteiger partial charge on any atom is 0.164 e. The Bertz CT molecular complexity index is 2530. The van der Waals surface area contributed by atoms with Gasteiger partial charge in [0.05, 0.1) is 17.0 Å². The van der Waals surface area contributed by atoms with Gasteiger partial charge in [0.25, 0.3) is 0 Å². The number of hydrogen-bond donors (Lipinski definition) is 0. The van der Waals surface area contributed by atoms with Gasteiger partial charge >= 0.3 is 0 Å². The summed E-state index contributed by atoms with van der Waals surface area (Å²) in [4.78, 5) is 15.5. The zero-order valence-electron chi connectivity index (χ0n) is 30.6. The molecule has 0 saturated heterocycles. The number of rotatable bonds is 5. The first-order valence-electron chi connectivity index (χ1n) is 18.5. The van der Waals surface area contributed by atoms with Gasteiger partial charge in [-0.2, -0.15) is 5.26 Å². The third-order valence-corrected chi connectivity index (χ3v) is 11.7. The molecule has 4 nitrogen and oxygen atoms in total. The van der Waals surface area contributed by atoms with E-state index in [4.69, 9.17) is 15.0 Å². The summed E-state index contributed by atoms with van der Waals surface area (Å²) in [5.41, 5.74) is 13.1. The van der Waals surface area contributed by atoms with Crippen LogP contribution in [0.2, 0.25) is 0 Å². The summed E-state index contributed by atoms with van der Waals surface area (Å²) in [5.74, 6) is 1.82. The Morgan fingerprint density at radius 1 is 0.453 bits per heavy atom. The molecule has 0 atom stereocenters. The van der Waals surface area contributed by atoms with E-state index in [0.717, 1.165) is 35.1 Å². The summed E-state index contributed by atoms with van der Waals surface area (Å²) in [6.07, 6.45) is 2.28. The lowest BCUT2D eigenvalue weighted by atomic mass is 9.63. The van der Waals surface area contributed by atoms with Crippen molar-refractivity contribution in [2.45, 2.75) is 56.8 Å². The van der Waals surface area contributed by atoms with Crippen molar-refractivity contribution in [1.82, 2.24) is 15.0 Å². The number of nitrogens with zero attached hydrogens (tertiary/aromatic N) is 4. The van der Waals surface area contributed by atoms with Crippen LogP contribution in [0.5, 0.6) is 0 Å². The van der Waals surface area contributed by atoms with E-state index < -0.39 is 5.41 Å². The van der Waals surface area contributed by atoms with Crippen LogP contribution in [0.1, 0.15) is 79.5 Å². The van der Waals surface area contributed by atoms with Crippen LogP contribution < -0.4 is 0 Å². The molecule has 7 aromatic rings. The molecule has 1 heterocycles.